The van der Waals surface area contributed by atoms with Crippen LogP contribution in [0.15, 0.2) is 30.3 Å². The molecule has 96 valence electrons. The molecule has 19 heavy (non-hydrogen) atoms. The summed E-state index contributed by atoms with van der Waals surface area (Å²) in [4.78, 5) is 0. The molecule has 0 radical (unpaired) electrons. The van der Waals surface area contributed by atoms with Crippen molar-refractivity contribution in [3.05, 3.63) is 52.3 Å². The van der Waals surface area contributed by atoms with Gasteiger partial charge in [-0.05, 0) is 29.3 Å². The van der Waals surface area contributed by atoms with Gasteiger partial charge in [-0.3, -0.25) is 0 Å². The fraction of sp³-hybridized carbons (Fsp3) is 0.0667. The van der Waals surface area contributed by atoms with E-state index >= 15 is 0 Å². The molecule has 0 saturated heterocycles. The normalized spacial score (nSPS) is 10.2. The summed E-state index contributed by atoms with van der Waals surface area (Å²) in [6, 6.07) is 7.78. The van der Waals surface area contributed by atoms with Crippen LogP contribution >= 0.6 is 11.6 Å². The second-order valence-corrected chi connectivity index (χ2v) is 4.45. The summed E-state index contributed by atoms with van der Waals surface area (Å²) < 4.78 is 13.3. The Kier molecular flexibility index (Phi) is 3.75. The number of nitrogen functional groups attached to an aromatic ring is 1. The van der Waals surface area contributed by atoms with Gasteiger partial charge in [-0.1, -0.05) is 29.7 Å². The Morgan fingerprint density at radius 2 is 2.05 bits per heavy atom. The molecule has 0 fully saturated rings. The molecule has 2 nitrogen and oxygen atoms in total. The molecule has 0 bridgehead atoms. The van der Waals surface area contributed by atoms with Gasteiger partial charge < -0.3 is 11.5 Å². The molecule has 0 heterocycles. The van der Waals surface area contributed by atoms with Crippen molar-refractivity contribution in [3.8, 4) is 23.5 Å². The highest BCUT2D eigenvalue weighted by Crippen LogP contribution is 2.36. The van der Waals surface area contributed by atoms with Crippen molar-refractivity contribution < 1.29 is 4.39 Å². The van der Waals surface area contributed by atoms with E-state index in [-0.39, 0.29) is 12.4 Å². The smallest absolute Gasteiger partial charge is 0.123 e. The predicted molar refractivity (Wildman–Crippen MR) is 77.1 cm³/mol. The topological polar surface area (TPSA) is 52.0 Å². The molecular weight excluding hydrogens is 263 g/mol. The Morgan fingerprint density at radius 3 is 2.63 bits per heavy atom. The fourth-order valence-corrected chi connectivity index (χ4v) is 2.30. The van der Waals surface area contributed by atoms with Crippen LogP contribution in [0.4, 0.5) is 10.1 Å². The van der Waals surface area contributed by atoms with Gasteiger partial charge in [-0.25, -0.2) is 4.39 Å². The summed E-state index contributed by atoms with van der Waals surface area (Å²) in [6.07, 6.45) is 5.40. The Balaban J connectivity index is 2.79. The van der Waals surface area contributed by atoms with Crippen LogP contribution in [0.2, 0.25) is 5.02 Å². The van der Waals surface area contributed by atoms with E-state index < -0.39 is 0 Å². The van der Waals surface area contributed by atoms with Gasteiger partial charge in [0.1, 0.15) is 5.82 Å². The molecule has 4 N–H and O–H groups in total. The van der Waals surface area contributed by atoms with Crippen molar-refractivity contribution in [2.75, 3.05) is 5.73 Å². The van der Waals surface area contributed by atoms with Crippen LogP contribution < -0.4 is 11.5 Å². The van der Waals surface area contributed by atoms with Crippen molar-refractivity contribution in [1.82, 2.24) is 0 Å². The first-order chi connectivity index (χ1) is 9.08. The average Bonchev–Trinajstić information content (AvgIpc) is 2.38. The summed E-state index contributed by atoms with van der Waals surface area (Å²) in [5.41, 5.74) is 14.5. The Bertz CT molecular complexity index is 675. The van der Waals surface area contributed by atoms with E-state index in [0.717, 1.165) is 5.56 Å². The van der Waals surface area contributed by atoms with Gasteiger partial charge in [0.2, 0.25) is 0 Å². The van der Waals surface area contributed by atoms with Crippen LogP contribution in [0, 0.1) is 18.2 Å². The lowest BCUT2D eigenvalue weighted by atomic mass is 9.94. The first-order valence-corrected chi connectivity index (χ1v) is 5.99. The van der Waals surface area contributed by atoms with Crippen LogP contribution in [-0.2, 0) is 6.54 Å². The van der Waals surface area contributed by atoms with Gasteiger partial charge in [0.05, 0.1) is 16.3 Å². The van der Waals surface area contributed by atoms with Crippen molar-refractivity contribution >= 4 is 17.3 Å². The third-order valence-electron chi connectivity index (χ3n) is 2.88. The van der Waals surface area contributed by atoms with Gasteiger partial charge in [-0.2, -0.15) is 0 Å². The molecular formula is C15H12ClFN2. The first-order valence-electron chi connectivity index (χ1n) is 5.62. The largest absolute Gasteiger partial charge is 0.397 e. The van der Waals surface area contributed by atoms with Gasteiger partial charge in [0, 0.05) is 12.1 Å². The van der Waals surface area contributed by atoms with Crippen molar-refractivity contribution in [2.24, 2.45) is 5.73 Å². The number of rotatable bonds is 2. The van der Waals surface area contributed by atoms with E-state index in [1.165, 1.54) is 12.1 Å². The van der Waals surface area contributed by atoms with Crippen LogP contribution in [-0.4, -0.2) is 0 Å². The minimum atomic E-state index is -0.350. The number of nitrogens with two attached hydrogens (primary N) is 2. The number of hydrogen-bond donors (Lipinski definition) is 2. The Morgan fingerprint density at radius 1 is 1.32 bits per heavy atom. The molecule has 0 aliphatic carbocycles. The highest BCUT2D eigenvalue weighted by Gasteiger charge is 2.15. The SMILES string of the molecule is C#Cc1c(Cl)cc(CN)c(-c2cccc(F)c2)c1N. The molecule has 2 aromatic rings. The standard InChI is InChI=1S/C15H12ClFN2/c1-2-12-13(16)7-10(8-18)14(15(12)19)9-4-3-5-11(17)6-9/h1,3-7H,8,18-19H2. The van der Waals surface area contributed by atoms with Gasteiger partial charge in [-0.15, -0.1) is 6.42 Å². The van der Waals surface area contributed by atoms with Gasteiger partial charge >= 0.3 is 0 Å². The lowest BCUT2D eigenvalue weighted by Crippen LogP contribution is -2.05. The molecule has 0 spiro atoms. The molecule has 0 saturated carbocycles. The zero-order chi connectivity index (χ0) is 14.0. The van der Waals surface area contributed by atoms with E-state index in [1.54, 1.807) is 18.2 Å². The van der Waals surface area contributed by atoms with E-state index in [1.807, 2.05) is 0 Å². The zero-order valence-electron chi connectivity index (χ0n) is 10.1. The maximum absolute atomic E-state index is 13.3. The minimum Gasteiger partial charge on any atom is -0.397 e. The predicted octanol–water partition coefficient (Wildman–Crippen LogP) is 3.17. The van der Waals surface area contributed by atoms with Crippen molar-refractivity contribution in [3.63, 3.8) is 0 Å². The Hall–Kier alpha value is -2.02. The van der Waals surface area contributed by atoms with Crippen LogP contribution in [0.5, 0.6) is 0 Å². The summed E-state index contributed by atoms with van der Waals surface area (Å²) in [6.45, 7) is 0.237. The number of halogens is 2. The molecule has 0 atom stereocenters. The summed E-state index contributed by atoms with van der Waals surface area (Å²) in [7, 11) is 0. The summed E-state index contributed by atoms with van der Waals surface area (Å²) in [5, 5.41) is 0.376. The van der Waals surface area contributed by atoms with E-state index in [4.69, 9.17) is 29.5 Å². The quantitative estimate of drug-likeness (QED) is 0.653. The van der Waals surface area contributed by atoms with Gasteiger partial charge in [0.15, 0.2) is 0 Å². The minimum absolute atomic E-state index is 0.237. The molecule has 2 rings (SSSR count). The molecule has 0 amide bonds. The molecule has 4 heteroatoms. The fourth-order valence-electron chi connectivity index (χ4n) is 2.02. The highest BCUT2D eigenvalue weighted by molar-refractivity contribution is 6.32. The average molecular weight is 275 g/mol. The van der Waals surface area contributed by atoms with Crippen LogP contribution in [0.1, 0.15) is 11.1 Å². The molecule has 0 aliphatic rings. The highest BCUT2D eigenvalue weighted by atomic mass is 35.5. The number of terminal acetylenes is 1. The summed E-state index contributed by atoms with van der Waals surface area (Å²) >= 11 is 6.05. The number of hydrogen-bond acceptors (Lipinski definition) is 2. The summed E-state index contributed by atoms with van der Waals surface area (Å²) in [5.74, 6) is 2.10. The second kappa shape index (κ2) is 5.31. The molecule has 0 aliphatic heterocycles. The van der Waals surface area contributed by atoms with E-state index in [0.29, 0.717) is 27.4 Å². The van der Waals surface area contributed by atoms with Crippen molar-refractivity contribution in [2.45, 2.75) is 6.54 Å². The first kappa shape index (κ1) is 13.4. The van der Waals surface area contributed by atoms with Crippen molar-refractivity contribution in [1.29, 1.82) is 0 Å². The second-order valence-electron chi connectivity index (χ2n) is 4.04. The zero-order valence-corrected chi connectivity index (χ0v) is 10.8. The van der Waals surface area contributed by atoms with E-state index in [2.05, 4.69) is 5.92 Å². The van der Waals surface area contributed by atoms with Gasteiger partial charge in [0.25, 0.3) is 0 Å². The molecule has 0 aromatic heterocycles. The third-order valence-corrected chi connectivity index (χ3v) is 3.18. The molecule has 0 unspecified atom stereocenters. The van der Waals surface area contributed by atoms with E-state index in [9.17, 15) is 4.39 Å². The molecule has 2 aromatic carbocycles. The Labute approximate surface area is 116 Å². The maximum atomic E-state index is 13.3. The monoisotopic (exact) mass is 274 g/mol. The third kappa shape index (κ3) is 2.41. The lowest BCUT2D eigenvalue weighted by molar-refractivity contribution is 0.628. The number of benzene rings is 2. The van der Waals surface area contributed by atoms with Crippen LogP contribution in [0.3, 0.4) is 0 Å². The van der Waals surface area contributed by atoms with Crippen LogP contribution in [0.25, 0.3) is 11.1 Å². The lowest BCUT2D eigenvalue weighted by Gasteiger charge is -2.14. The maximum Gasteiger partial charge on any atom is 0.123 e. The number of anilines is 1.